The van der Waals surface area contributed by atoms with Crippen molar-refractivity contribution in [3.8, 4) is 0 Å². The van der Waals surface area contributed by atoms with Crippen LogP contribution < -0.4 is 10.6 Å². The van der Waals surface area contributed by atoms with Gasteiger partial charge in [-0.15, -0.1) is 0 Å². The van der Waals surface area contributed by atoms with E-state index in [9.17, 15) is 14.4 Å². The Hall–Kier alpha value is -2.61. The molecule has 1 rings (SSSR count). The molecule has 1 atom stereocenters. The number of benzene rings is 1. The molecule has 0 aliphatic carbocycles. The van der Waals surface area contributed by atoms with Crippen molar-refractivity contribution in [3.63, 3.8) is 0 Å². The summed E-state index contributed by atoms with van der Waals surface area (Å²) in [5.74, 6) is -1.05. The number of rotatable bonds is 7. The zero-order chi connectivity index (χ0) is 19.7. The highest BCUT2D eigenvalue weighted by molar-refractivity contribution is 5.94. The summed E-state index contributed by atoms with van der Waals surface area (Å²) in [5, 5.41) is 5.09. The van der Waals surface area contributed by atoms with Crippen LogP contribution in [0, 0.1) is 0 Å². The van der Waals surface area contributed by atoms with Crippen LogP contribution in [0.3, 0.4) is 0 Å². The Morgan fingerprint density at radius 2 is 1.73 bits per heavy atom. The molecule has 0 bridgehead atoms. The van der Waals surface area contributed by atoms with Crippen LogP contribution in [0.25, 0.3) is 0 Å². The van der Waals surface area contributed by atoms with Crippen LogP contribution in [0.15, 0.2) is 24.3 Å². The summed E-state index contributed by atoms with van der Waals surface area (Å²) in [7, 11) is 1.24. The minimum absolute atomic E-state index is 0.0224. The molecule has 0 aromatic heterocycles. The van der Waals surface area contributed by atoms with Crippen molar-refractivity contribution >= 4 is 23.7 Å². The van der Waals surface area contributed by atoms with Crippen LogP contribution in [0.5, 0.6) is 0 Å². The van der Waals surface area contributed by atoms with Crippen LogP contribution in [0.4, 0.5) is 10.5 Å². The molecule has 1 aromatic carbocycles. The molecule has 0 saturated carbocycles. The molecular weight excluding hydrogens is 340 g/mol. The third kappa shape index (κ3) is 7.52. The van der Waals surface area contributed by atoms with E-state index in [1.165, 1.54) is 19.2 Å². The van der Waals surface area contributed by atoms with Gasteiger partial charge in [0.15, 0.2) is 6.04 Å². The fourth-order valence-electron chi connectivity index (χ4n) is 1.87. The molecule has 0 fully saturated rings. The van der Waals surface area contributed by atoms with Gasteiger partial charge < -0.3 is 24.8 Å². The van der Waals surface area contributed by atoms with Gasteiger partial charge in [0.1, 0.15) is 0 Å². The Bertz CT molecular complexity index is 622. The number of amides is 2. The highest BCUT2D eigenvalue weighted by Gasteiger charge is 2.24. The van der Waals surface area contributed by atoms with Gasteiger partial charge in [0.25, 0.3) is 0 Å². The fraction of sp³-hybridized carbons (Fsp3) is 0.500. The topological polar surface area (TPSA) is 103 Å². The number of urea groups is 1. The monoisotopic (exact) mass is 366 g/mol. The average Bonchev–Trinajstić information content (AvgIpc) is 2.58. The minimum atomic E-state index is -0.946. The minimum Gasteiger partial charge on any atom is -0.467 e. The predicted octanol–water partition coefficient (Wildman–Crippen LogP) is 2.34. The Morgan fingerprint density at radius 3 is 2.23 bits per heavy atom. The first kappa shape index (κ1) is 21.4. The summed E-state index contributed by atoms with van der Waals surface area (Å²) in [5.41, 5.74) is 0.368. The smallest absolute Gasteiger partial charge is 0.338 e. The Labute approximate surface area is 153 Å². The largest absolute Gasteiger partial charge is 0.467 e. The molecule has 8 heteroatoms. The van der Waals surface area contributed by atoms with Crippen molar-refractivity contribution in [1.29, 1.82) is 0 Å². The summed E-state index contributed by atoms with van der Waals surface area (Å²) < 4.78 is 15.1. The molecule has 0 saturated heterocycles. The summed E-state index contributed by atoms with van der Waals surface area (Å²) in [4.78, 5) is 35.5. The number of carbonyl (C=O) groups is 3. The summed E-state index contributed by atoms with van der Waals surface area (Å²) >= 11 is 0. The molecule has 1 aromatic rings. The van der Waals surface area contributed by atoms with E-state index in [4.69, 9.17) is 9.47 Å². The summed E-state index contributed by atoms with van der Waals surface area (Å²) in [6.45, 7) is 7.50. The zero-order valence-electron chi connectivity index (χ0n) is 15.8. The zero-order valence-corrected chi connectivity index (χ0v) is 15.8. The normalized spacial score (nSPS) is 12.0. The third-order valence-corrected chi connectivity index (χ3v) is 3.13. The van der Waals surface area contributed by atoms with E-state index in [0.717, 1.165) is 0 Å². The van der Waals surface area contributed by atoms with Crippen molar-refractivity contribution in [1.82, 2.24) is 5.32 Å². The average molecular weight is 366 g/mol. The number of hydrogen-bond acceptors (Lipinski definition) is 6. The number of ether oxygens (including phenoxy) is 3. The van der Waals surface area contributed by atoms with Gasteiger partial charge in [0.2, 0.25) is 0 Å². The molecule has 0 aliphatic rings. The van der Waals surface area contributed by atoms with Crippen molar-refractivity contribution in [3.05, 3.63) is 29.8 Å². The maximum atomic E-state index is 12.1. The van der Waals surface area contributed by atoms with Crippen LogP contribution in [-0.2, 0) is 19.0 Å². The standard InChI is InChI=1S/C18H26N2O6/c1-6-25-15(21)12-7-9-13(10-8-12)19-17(23)20-14(16(22)24-5)11-26-18(2,3)4/h7-10,14H,6,11H2,1-5H3,(H2,19,20,23). The van der Waals surface area contributed by atoms with E-state index in [1.807, 2.05) is 20.8 Å². The maximum Gasteiger partial charge on any atom is 0.338 e. The van der Waals surface area contributed by atoms with Crippen molar-refractivity contribution in [2.75, 3.05) is 25.6 Å². The lowest BCUT2D eigenvalue weighted by molar-refractivity contribution is -0.145. The van der Waals surface area contributed by atoms with Gasteiger partial charge in [0, 0.05) is 5.69 Å². The van der Waals surface area contributed by atoms with Crippen LogP contribution in [0.2, 0.25) is 0 Å². The van der Waals surface area contributed by atoms with E-state index < -0.39 is 29.6 Å². The molecule has 0 aliphatic heterocycles. The molecule has 2 N–H and O–H groups in total. The van der Waals surface area contributed by atoms with Gasteiger partial charge >= 0.3 is 18.0 Å². The number of esters is 2. The van der Waals surface area contributed by atoms with Crippen molar-refractivity contribution in [2.45, 2.75) is 39.3 Å². The SMILES string of the molecule is CCOC(=O)c1ccc(NC(=O)NC(COC(C)(C)C)C(=O)OC)cc1. The molecule has 26 heavy (non-hydrogen) atoms. The van der Waals surface area contributed by atoms with E-state index in [2.05, 4.69) is 15.4 Å². The van der Waals surface area contributed by atoms with Gasteiger partial charge in [-0.05, 0) is 52.0 Å². The van der Waals surface area contributed by atoms with E-state index in [1.54, 1.807) is 19.1 Å². The summed E-state index contributed by atoms with van der Waals surface area (Å²) in [6.07, 6.45) is 0. The number of nitrogens with one attached hydrogen (secondary N) is 2. The second-order valence-electron chi connectivity index (χ2n) is 6.40. The van der Waals surface area contributed by atoms with Gasteiger partial charge in [-0.25, -0.2) is 14.4 Å². The van der Waals surface area contributed by atoms with Gasteiger partial charge in [-0.1, -0.05) is 0 Å². The molecule has 0 heterocycles. The van der Waals surface area contributed by atoms with Gasteiger partial charge in [-0.3, -0.25) is 0 Å². The van der Waals surface area contributed by atoms with Crippen molar-refractivity contribution in [2.24, 2.45) is 0 Å². The second kappa shape index (κ2) is 9.76. The van der Waals surface area contributed by atoms with E-state index >= 15 is 0 Å². The highest BCUT2D eigenvalue weighted by Crippen LogP contribution is 2.11. The van der Waals surface area contributed by atoms with Crippen LogP contribution in [0.1, 0.15) is 38.1 Å². The third-order valence-electron chi connectivity index (χ3n) is 3.13. The van der Waals surface area contributed by atoms with E-state index in [-0.39, 0.29) is 13.2 Å². The van der Waals surface area contributed by atoms with Crippen LogP contribution in [-0.4, -0.2) is 49.9 Å². The fourth-order valence-corrected chi connectivity index (χ4v) is 1.87. The first-order valence-corrected chi connectivity index (χ1v) is 8.22. The van der Waals surface area contributed by atoms with Gasteiger partial charge in [-0.2, -0.15) is 0 Å². The molecule has 1 unspecified atom stereocenters. The number of hydrogen-bond donors (Lipinski definition) is 2. The quantitative estimate of drug-likeness (QED) is 0.718. The number of methoxy groups -OCH3 is 1. The number of carbonyl (C=O) groups excluding carboxylic acids is 3. The molecule has 144 valence electrons. The van der Waals surface area contributed by atoms with E-state index in [0.29, 0.717) is 11.3 Å². The number of anilines is 1. The molecule has 8 nitrogen and oxygen atoms in total. The molecule has 0 spiro atoms. The lowest BCUT2D eigenvalue weighted by atomic mass is 10.2. The predicted molar refractivity (Wildman–Crippen MR) is 96.1 cm³/mol. The summed E-state index contributed by atoms with van der Waals surface area (Å²) in [6, 6.07) is 4.65. The first-order chi connectivity index (χ1) is 12.2. The molecular formula is C18H26N2O6. The molecule has 2 amide bonds. The Kier molecular flexibility index (Phi) is 8.05. The molecule has 0 radical (unpaired) electrons. The highest BCUT2D eigenvalue weighted by atomic mass is 16.5. The Morgan fingerprint density at radius 1 is 1.12 bits per heavy atom. The first-order valence-electron chi connectivity index (χ1n) is 8.22. The van der Waals surface area contributed by atoms with Crippen LogP contribution >= 0.6 is 0 Å². The van der Waals surface area contributed by atoms with Gasteiger partial charge in [0.05, 0.1) is 31.5 Å². The maximum absolute atomic E-state index is 12.1. The van der Waals surface area contributed by atoms with Crippen molar-refractivity contribution < 1.29 is 28.6 Å². The lowest BCUT2D eigenvalue weighted by Crippen LogP contribution is -2.47. The lowest BCUT2D eigenvalue weighted by Gasteiger charge is -2.24. The second-order valence-corrected chi connectivity index (χ2v) is 6.40. The Balaban J connectivity index is 2.66.